The maximum atomic E-state index is 13.7. The van der Waals surface area contributed by atoms with Gasteiger partial charge in [0, 0.05) is 61.0 Å². The first-order chi connectivity index (χ1) is 32.3. The molecular formula is C57H82N2O8. The zero-order chi connectivity index (χ0) is 47.9. The fraction of sp³-hybridized carbons (Fsp3) is 0.632. The fourth-order valence-electron chi connectivity index (χ4n) is 14.1. The Labute approximate surface area is 401 Å². The molecule has 1 aliphatic heterocycles. The highest BCUT2D eigenvalue weighted by molar-refractivity contribution is 5.75. The van der Waals surface area contributed by atoms with Crippen LogP contribution in [-0.2, 0) is 27.1 Å². The Morgan fingerprint density at radius 1 is 1.06 bits per heavy atom. The summed E-state index contributed by atoms with van der Waals surface area (Å²) in [7, 11) is 3.68. The Hall–Kier alpha value is -3.29. The number of ether oxygens (including phenoxy) is 2. The molecule has 7 rings (SSSR count). The van der Waals surface area contributed by atoms with E-state index in [1.54, 1.807) is 0 Å². The topological polar surface area (TPSA) is 161 Å². The van der Waals surface area contributed by atoms with Gasteiger partial charge in [0.15, 0.2) is 0 Å². The van der Waals surface area contributed by atoms with Crippen molar-refractivity contribution in [2.75, 3.05) is 60.3 Å². The predicted molar refractivity (Wildman–Crippen MR) is 266 cm³/mol. The van der Waals surface area contributed by atoms with Crippen LogP contribution in [0.25, 0.3) is 0 Å². The highest BCUT2D eigenvalue weighted by Gasteiger charge is 2.77. The Kier molecular flexibility index (Phi) is 17.1. The highest BCUT2D eigenvalue weighted by atomic mass is 16.5. The molecule has 0 saturated heterocycles. The van der Waals surface area contributed by atoms with E-state index in [2.05, 4.69) is 72.7 Å². The average molecular weight is 923 g/mol. The van der Waals surface area contributed by atoms with E-state index in [0.717, 1.165) is 61.8 Å². The largest absolute Gasteiger partial charge is 0.396 e. The number of carbonyl (C=O) groups is 1. The van der Waals surface area contributed by atoms with Crippen molar-refractivity contribution in [2.24, 2.45) is 40.4 Å². The number of aliphatic hydroxyl groups excluding tert-OH is 3. The second-order valence-electron chi connectivity index (χ2n) is 21.3. The number of allylic oxidation sites excluding steroid dienone is 10. The van der Waals surface area contributed by atoms with Gasteiger partial charge in [-0.05, 0) is 132 Å². The van der Waals surface area contributed by atoms with E-state index in [1.807, 2.05) is 45.4 Å². The van der Waals surface area contributed by atoms with Crippen LogP contribution in [0, 0.1) is 40.4 Å². The first kappa shape index (κ1) is 51.6. The average Bonchev–Trinajstić information content (AvgIpc) is 3.66. The number of aliphatic hydroxyl groups is 5. The lowest BCUT2D eigenvalue weighted by atomic mass is 9.37. The molecule has 10 heteroatoms. The second-order valence-corrected chi connectivity index (χ2v) is 21.3. The van der Waals surface area contributed by atoms with Crippen LogP contribution in [0.15, 0.2) is 107 Å². The van der Waals surface area contributed by atoms with Gasteiger partial charge >= 0.3 is 0 Å². The Morgan fingerprint density at radius 2 is 1.85 bits per heavy atom. The van der Waals surface area contributed by atoms with Crippen molar-refractivity contribution in [2.45, 2.75) is 127 Å². The summed E-state index contributed by atoms with van der Waals surface area (Å²) < 4.78 is 11.8. The molecule has 7 N–H and O–H groups in total. The van der Waals surface area contributed by atoms with Gasteiger partial charge in [-0.1, -0.05) is 115 Å². The molecular weight excluding hydrogens is 841 g/mol. The smallest absolute Gasteiger partial charge is 0.145 e. The molecule has 6 aliphatic rings. The summed E-state index contributed by atoms with van der Waals surface area (Å²) in [6.07, 6.45) is 28.7. The Balaban J connectivity index is 1.23. The van der Waals surface area contributed by atoms with E-state index >= 15 is 0 Å². The molecule has 10 unspecified atom stereocenters. The first-order valence-electron chi connectivity index (χ1n) is 25.4. The van der Waals surface area contributed by atoms with Gasteiger partial charge in [0.25, 0.3) is 0 Å². The van der Waals surface area contributed by atoms with Crippen LogP contribution in [0.3, 0.4) is 0 Å². The molecule has 67 heavy (non-hydrogen) atoms. The zero-order valence-electron chi connectivity index (χ0n) is 41.0. The molecule has 10 atom stereocenters. The second kappa shape index (κ2) is 22.2. The number of fused-ring (bicyclic) bond motifs is 3. The normalized spacial score (nSPS) is 35.7. The number of aldehydes is 1. The van der Waals surface area contributed by atoms with E-state index in [9.17, 15) is 30.3 Å². The fourth-order valence-corrected chi connectivity index (χ4v) is 14.1. The van der Waals surface area contributed by atoms with Gasteiger partial charge in [0.05, 0.1) is 31.0 Å². The van der Waals surface area contributed by atoms with Crippen LogP contribution in [0.1, 0.15) is 102 Å². The molecule has 0 radical (unpaired) electrons. The number of benzene rings is 1. The van der Waals surface area contributed by atoms with Crippen LogP contribution < -0.4 is 10.6 Å². The number of hydrogen-bond donors (Lipinski definition) is 7. The molecule has 1 heterocycles. The zero-order valence-corrected chi connectivity index (χ0v) is 41.0. The van der Waals surface area contributed by atoms with Crippen LogP contribution >= 0.6 is 0 Å². The van der Waals surface area contributed by atoms with E-state index in [4.69, 9.17) is 9.47 Å². The summed E-state index contributed by atoms with van der Waals surface area (Å²) in [5.41, 5.74) is 2.58. The van der Waals surface area contributed by atoms with E-state index in [-0.39, 0.29) is 37.2 Å². The Morgan fingerprint density at radius 3 is 2.58 bits per heavy atom. The van der Waals surface area contributed by atoms with E-state index in [1.165, 1.54) is 48.8 Å². The molecule has 10 nitrogen and oxygen atoms in total. The van der Waals surface area contributed by atoms with Crippen molar-refractivity contribution in [3.8, 4) is 0 Å². The maximum Gasteiger partial charge on any atom is 0.145 e. The Bertz CT molecular complexity index is 2080. The lowest BCUT2D eigenvalue weighted by molar-refractivity contribution is -0.233. The standard InChI is InChI=1S/C57H82N2O8/c1-40-17-18-45(32-43-12-10-13-44(31-43)33-54(59-35-40,27-30-66-5)48-15-7-6-8-16-48)41(2)11-9-14-47(38-67-39-49(63)37-62)50-20-22-56-52-51(42(3)36-61)46(34-55(56,64)25-28-58-4)19-21-53(52,26-29-60)23-24-57(50,56)65/h9-14,17,19,21,23-24,31,36,45-46,48-50,52,58-60,62-65H,2,6-8,15-16,18,20,22,25-30,32-35,37-39H2,1,3-5H3. The third-order valence-corrected chi connectivity index (χ3v) is 17.4. The predicted octanol–water partition coefficient (Wildman–Crippen LogP) is 7.22. The quantitative estimate of drug-likeness (QED) is 0.0327. The molecule has 368 valence electrons. The molecule has 1 aromatic rings. The van der Waals surface area contributed by atoms with Crippen LogP contribution in [0.2, 0.25) is 0 Å². The molecule has 3 saturated carbocycles. The summed E-state index contributed by atoms with van der Waals surface area (Å²) in [6.45, 7) is 10.3. The molecule has 1 spiro atoms. The van der Waals surface area contributed by atoms with Crippen molar-refractivity contribution in [1.82, 2.24) is 10.6 Å². The molecule has 3 fully saturated rings. The van der Waals surface area contributed by atoms with Gasteiger partial charge in [-0.2, -0.15) is 0 Å². The van der Waals surface area contributed by atoms with Gasteiger partial charge in [0.2, 0.25) is 0 Å². The lowest BCUT2D eigenvalue weighted by Gasteiger charge is -2.68. The first-order valence-corrected chi connectivity index (χ1v) is 25.4. The SMILES string of the molecule is C=C(C=CC=C(COCC(O)CO)C1CCC23C4C(=C(C)C=O)C(C=CC4(CCO)C=CC12O)CC3(O)CCNC)C1CC=C(C)CNC(CCOC)(C2CCCCC2)Cc2cccc(c2)C1. The van der Waals surface area contributed by atoms with Crippen LogP contribution in [0.5, 0.6) is 0 Å². The third-order valence-electron chi connectivity index (χ3n) is 17.4. The summed E-state index contributed by atoms with van der Waals surface area (Å²) in [5.74, 6) is -0.370. The number of hydrogen-bond acceptors (Lipinski definition) is 10. The third kappa shape index (κ3) is 10.2. The van der Waals surface area contributed by atoms with Gasteiger partial charge in [0.1, 0.15) is 12.4 Å². The molecule has 0 amide bonds. The minimum Gasteiger partial charge on any atom is -0.396 e. The van der Waals surface area contributed by atoms with Crippen molar-refractivity contribution in [1.29, 1.82) is 0 Å². The molecule has 4 bridgehead atoms. The highest BCUT2D eigenvalue weighted by Crippen LogP contribution is 2.75. The monoisotopic (exact) mass is 923 g/mol. The lowest BCUT2D eigenvalue weighted by Crippen LogP contribution is -2.72. The van der Waals surface area contributed by atoms with Gasteiger partial charge in [-0.25, -0.2) is 0 Å². The number of nitrogens with one attached hydrogen (secondary N) is 2. The minimum absolute atomic E-state index is 0.0349. The number of methoxy groups -OCH3 is 1. The molecule has 0 aromatic heterocycles. The minimum atomic E-state index is -1.56. The molecule has 1 aromatic carbocycles. The van der Waals surface area contributed by atoms with E-state index < -0.39 is 46.6 Å². The number of carbonyl (C=O) groups excluding carboxylic acids is 1. The van der Waals surface area contributed by atoms with E-state index in [0.29, 0.717) is 50.1 Å². The van der Waals surface area contributed by atoms with Gasteiger partial charge in [-0.15, -0.1) is 0 Å². The summed E-state index contributed by atoms with van der Waals surface area (Å²) in [4.78, 5) is 12.7. The maximum absolute atomic E-state index is 13.7. The molecule has 5 aliphatic carbocycles. The number of rotatable bonds is 19. The summed E-state index contributed by atoms with van der Waals surface area (Å²) in [6, 6.07) is 9.14. The van der Waals surface area contributed by atoms with Crippen molar-refractivity contribution >= 4 is 6.29 Å². The van der Waals surface area contributed by atoms with Crippen molar-refractivity contribution in [3.05, 3.63) is 118 Å². The summed E-state index contributed by atoms with van der Waals surface area (Å²) in [5, 5.41) is 64.9. The van der Waals surface area contributed by atoms with Crippen molar-refractivity contribution < 1.29 is 39.8 Å². The van der Waals surface area contributed by atoms with Crippen LogP contribution in [0.4, 0.5) is 0 Å². The summed E-state index contributed by atoms with van der Waals surface area (Å²) >= 11 is 0. The van der Waals surface area contributed by atoms with Crippen LogP contribution in [-0.4, -0.2) is 115 Å². The van der Waals surface area contributed by atoms with Gasteiger partial charge < -0.3 is 45.6 Å². The van der Waals surface area contributed by atoms with Gasteiger partial charge in [-0.3, -0.25) is 4.79 Å². The van der Waals surface area contributed by atoms with Crippen molar-refractivity contribution in [3.63, 3.8) is 0 Å².